The minimum Gasteiger partial charge on any atom is -0.492 e. The molecular weight excluding hydrogens is 306 g/mol. The van der Waals surface area contributed by atoms with Crippen LogP contribution in [0.3, 0.4) is 0 Å². The van der Waals surface area contributed by atoms with Crippen LogP contribution in [0.25, 0.3) is 0 Å². The Hall–Kier alpha value is -0.580. The van der Waals surface area contributed by atoms with E-state index in [9.17, 15) is 0 Å². The Morgan fingerprint density at radius 3 is 2.53 bits per heavy atom. The van der Waals surface area contributed by atoms with E-state index in [0.717, 1.165) is 29.8 Å². The molecule has 0 spiro atoms. The molecule has 0 amide bonds. The number of benzene rings is 1. The first-order chi connectivity index (χ1) is 8.92. The lowest BCUT2D eigenvalue weighted by atomic mass is 10.1. The smallest absolute Gasteiger partial charge is 0.133 e. The van der Waals surface area contributed by atoms with Gasteiger partial charge in [0.15, 0.2) is 0 Å². The molecule has 0 unspecified atom stereocenters. The van der Waals surface area contributed by atoms with E-state index in [0.29, 0.717) is 6.61 Å². The summed E-state index contributed by atoms with van der Waals surface area (Å²) < 4.78 is 11.7. The summed E-state index contributed by atoms with van der Waals surface area (Å²) in [7, 11) is 1.70. The average Bonchev–Trinajstić information content (AvgIpc) is 2.33. The molecule has 1 N–H and O–H groups in total. The van der Waals surface area contributed by atoms with Gasteiger partial charge in [0, 0.05) is 32.2 Å². The van der Waals surface area contributed by atoms with Crippen LogP contribution < -0.4 is 10.1 Å². The summed E-state index contributed by atoms with van der Waals surface area (Å²) >= 11 is 3.55. The summed E-state index contributed by atoms with van der Waals surface area (Å²) in [4.78, 5) is 0. The third kappa shape index (κ3) is 6.95. The molecule has 108 valence electrons. The summed E-state index contributed by atoms with van der Waals surface area (Å²) in [6, 6.07) is 6.20. The highest BCUT2D eigenvalue weighted by Gasteiger charge is 2.09. The van der Waals surface area contributed by atoms with Gasteiger partial charge >= 0.3 is 0 Å². The number of hydrogen-bond acceptors (Lipinski definition) is 3. The molecule has 0 bridgehead atoms. The van der Waals surface area contributed by atoms with Gasteiger partial charge in [-0.05, 0) is 54.4 Å². The van der Waals surface area contributed by atoms with Crippen LogP contribution in [0.1, 0.15) is 32.8 Å². The Morgan fingerprint density at radius 2 is 1.95 bits per heavy atom. The Labute approximate surface area is 124 Å². The molecule has 1 aromatic rings. The molecule has 4 heteroatoms. The van der Waals surface area contributed by atoms with Gasteiger partial charge in [-0.2, -0.15) is 0 Å². The van der Waals surface area contributed by atoms with Crippen LogP contribution in [-0.4, -0.2) is 25.9 Å². The normalized spacial score (nSPS) is 11.6. The van der Waals surface area contributed by atoms with Crippen molar-refractivity contribution in [3.05, 3.63) is 28.2 Å². The van der Waals surface area contributed by atoms with E-state index < -0.39 is 0 Å². The van der Waals surface area contributed by atoms with Gasteiger partial charge in [-0.1, -0.05) is 6.07 Å². The summed E-state index contributed by atoms with van der Waals surface area (Å²) in [6.07, 6.45) is 0.899. The van der Waals surface area contributed by atoms with E-state index in [-0.39, 0.29) is 5.54 Å². The zero-order valence-corrected chi connectivity index (χ0v) is 13.8. The Kier molecular flexibility index (Phi) is 6.83. The van der Waals surface area contributed by atoms with Crippen molar-refractivity contribution in [1.82, 2.24) is 5.32 Å². The summed E-state index contributed by atoms with van der Waals surface area (Å²) in [5.74, 6) is 0.885. The van der Waals surface area contributed by atoms with Crippen molar-refractivity contribution in [1.29, 1.82) is 0 Å². The molecular formula is C15H24BrNO2. The van der Waals surface area contributed by atoms with Crippen molar-refractivity contribution in [2.24, 2.45) is 0 Å². The fourth-order valence-electron chi connectivity index (χ4n) is 1.52. The number of hydrogen-bond donors (Lipinski definition) is 1. The second kappa shape index (κ2) is 7.88. The molecule has 0 fully saturated rings. The van der Waals surface area contributed by atoms with Crippen molar-refractivity contribution >= 4 is 15.9 Å². The predicted molar refractivity (Wildman–Crippen MR) is 82.7 cm³/mol. The van der Waals surface area contributed by atoms with Crippen LogP contribution in [0.5, 0.6) is 5.75 Å². The second-order valence-corrected chi connectivity index (χ2v) is 6.42. The van der Waals surface area contributed by atoms with Crippen molar-refractivity contribution in [3.63, 3.8) is 0 Å². The van der Waals surface area contributed by atoms with Crippen LogP contribution in [-0.2, 0) is 11.3 Å². The van der Waals surface area contributed by atoms with E-state index in [4.69, 9.17) is 9.47 Å². The Balaban J connectivity index is 2.49. The standard InChI is InChI=1S/C15H24BrNO2/c1-15(2,3)17-11-12-6-7-14(13(16)10-12)19-9-5-8-18-4/h6-7,10,17H,5,8-9,11H2,1-4H3. The van der Waals surface area contributed by atoms with Gasteiger partial charge in [0.2, 0.25) is 0 Å². The topological polar surface area (TPSA) is 30.5 Å². The lowest BCUT2D eigenvalue weighted by Gasteiger charge is -2.20. The molecule has 0 aliphatic carbocycles. The van der Waals surface area contributed by atoms with Gasteiger partial charge in [-0.15, -0.1) is 0 Å². The molecule has 0 saturated carbocycles. The third-order valence-corrected chi connectivity index (χ3v) is 3.19. The Bertz CT molecular complexity index is 388. The minimum atomic E-state index is 0.127. The zero-order chi connectivity index (χ0) is 14.3. The molecule has 3 nitrogen and oxygen atoms in total. The number of halogens is 1. The third-order valence-electron chi connectivity index (χ3n) is 2.57. The maximum Gasteiger partial charge on any atom is 0.133 e. The van der Waals surface area contributed by atoms with Crippen molar-refractivity contribution < 1.29 is 9.47 Å². The van der Waals surface area contributed by atoms with Crippen LogP contribution in [0.4, 0.5) is 0 Å². The lowest BCUT2D eigenvalue weighted by Crippen LogP contribution is -2.35. The van der Waals surface area contributed by atoms with E-state index in [1.165, 1.54) is 5.56 Å². The van der Waals surface area contributed by atoms with E-state index in [2.05, 4.69) is 54.2 Å². The van der Waals surface area contributed by atoms with Crippen LogP contribution in [0, 0.1) is 0 Å². The fraction of sp³-hybridized carbons (Fsp3) is 0.600. The first kappa shape index (κ1) is 16.5. The van der Waals surface area contributed by atoms with Gasteiger partial charge in [0.05, 0.1) is 11.1 Å². The van der Waals surface area contributed by atoms with E-state index in [1.807, 2.05) is 6.07 Å². The van der Waals surface area contributed by atoms with E-state index >= 15 is 0 Å². The molecule has 19 heavy (non-hydrogen) atoms. The van der Waals surface area contributed by atoms with Gasteiger partial charge in [0.1, 0.15) is 5.75 Å². The summed E-state index contributed by atoms with van der Waals surface area (Å²) in [5.41, 5.74) is 1.37. The molecule has 1 aromatic carbocycles. The number of rotatable bonds is 7. The van der Waals surface area contributed by atoms with Gasteiger partial charge in [0.25, 0.3) is 0 Å². The molecule has 0 atom stereocenters. The highest BCUT2D eigenvalue weighted by atomic mass is 79.9. The number of nitrogens with one attached hydrogen (secondary N) is 1. The number of methoxy groups -OCH3 is 1. The molecule has 1 rings (SSSR count). The largest absolute Gasteiger partial charge is 0.492 e. The molecule has 0 aromatic heterocycles. The molecule has 0 radical (unpaired) electrons. The lowest BCUT2D eigenvalue weighted by molar-refractivity contribution is 0.172. The first-order valence-electron chi connectivity index (χ1n) is 6.57. The fourth-order valence-corrected chi connectivity index (χ4v) is 2.06. The summed E-state index contributed by atoms with van der Waals surface area (Å²) in [6.45, 7) is 8.74. The van der Waals surface area contributed by atoms with Crippen molar-refractivity contribution in [2.45, 2.75) is 39.3 Å². The van der Waals surface area contributed by atoms with E-state index in [1.54, 1.807) is 7.11 Å². The zero-order valence-electron chi connectivity index (χ0n) is 12.3. The van der Waals surface area contributed by atoms with Crippen molar-refractivity contribution in [3.8, 4) is 5.75 Å². The van der Waals surface area contributed by atoms with Gasteiger partial charge in [-0.25, -0.2) is 0 Å². The summed E-state index contributed by atoms with van der Waals surface area (Å²) in [5, 5.41) is 3.47. The predicted octanol–water partition coefficient (Wildman–Crippen LogP) is 3.75. The molecule has 0 heterocycles. The van der Waals surface area contributed by atoms with Crippen LogP contribution in [0.15, 0.2) is 22.7 Å². The first-order valence-corrected chi connectivity index (χ1v) is 7.37. The second-order valence-electron chi connectivity index (χ2n) is 5.56. The SMILES string of the molecule is COCCCOc1ccc(CNC(C)(C)C)cc1Br. The molecule has 0 saturated heterocycles. The highest BCUT2D eigenvalue weighted by molar-refractivity contribution is 9.10. The maximum atomic E-state index is 5.69. The maximum absolute atomic E-state index is 5.69. The van der Waals surface area contributed by atoms with Gasteiger partial charge < -0.3 is 14.8 Å². The monoisotopic (exact) mass is 329 g/mol. The quantitative estimate of drug-likeness (QED) is 0.773. The Morgan fingerprint density at radius 1 is 1.21 bits per heavy atom. The van der Waals surface area contributed by atoms with Crippen LogP contribution >= 0.6 is 15.9 Å². The van der Waals surface area contributed by atoms with Gasteiger partial charge in [-0.3, -0.25) is 0 Å². The minimum absolute atomic E-state index is 0.127. The number of ether oxygens (including phenoxy) is 2. The van der Waals surface area contributed by atoms with Crippen LogP contribution in [0.2, 0.25) is 0 Å². The van der Waals surface area contributed by atoms with Crippen molar-refractivity contribution in [2.75, 3.05) is 20.3 Å². The molecule has 0 aliphatic heterocycles. The average molecular weight is 330 g/mol. The highest BCUT2D eigenvalue weighted by Crippen LogP contribution is 2.26. The molecule has 0 aliphatic rings.